The molecule has 0 atom stereocenters. The van der Waals surface area contributed by atoms with Crippen LogP contribution in [0.1, 0.15) is 11.1 Å². The lowest BCUT2D eigenvalue weighted by atomic mass is 10.1. The number of hydrogen-bond donors (Lipinski definition) is 1. The number of benzene rings is 3. The topological polar surface area (TPSA) is 47.6 Å². The predicted octanol–water partition coefficient (Wildman–Crippen LogP) is 4.98. The second-order valence-corrected chi connectivity index (χ2v) is 5.94. The van der Waals surface area contributed by atoms with Crippen molar-refractivity contribution in [1.29, 1.82) is 0 Å². The molecule has 0 heterocycles. The number of carbonyl (C=O) groups is 1. The Morgan fingerprint density at radius 1 is 0.923 bits per heavy atom. The molecule has 26 heavy (non-hydrogen) atoms. The van der Waals surface area contributed by atoms with Crippen LogP contribution in [0.25, 0.3) is 0 Å². The monoisotopic (exact) mass is 347 g/mol. The van der Waals surface area contributed by atoms with Gasteiger partial charge < -0.3 is 14.8 Å². The highest BCUT2D eigenvalue weighted by atomic mass is 16.5. The Morgan fingerprint density at radius 2 is 1.65 bits per heavy atom. The average Bonchev–Trinajstić information content (AvgIpc) is 2.64. The van der Waals surface area contributed by atoms with E-state index < -0.39 is 0 Å². The van der Waals surface area contributed by atoms with Crippen LogP contribution in [0.3, 0.4) is 0 Å². The van der Waals surface area contributed by atoms with Gasteiger partial charge in [0.25, 0.3) is 0 Å². The fraction of sp³-hybridized carbons (Fsp3) is 0.136. The second-order valence-electron chi connectivity index (χ2n) is 5.94. The fourth-order valence-corrected chi connectivity index (χ4v) is 2.70. The maximum absolute atomic E-state index is 12.5. The van der Waals surface area contributed by atoms with Gasteiger partial charge in [0.15, 0.2) is 5.75 Å². The van der Waals surface area contributed by atoms with Crippen LogP contribution < -0.4 is 14.8 Å². The molecule has 0 saturated carbocycles. The molecule has 0 aliphatic rings. The number of methoxy groups -OCH3 is 1. The van der Waals surface area contributed by atoms with E-state index in [-0.39, 0.29) is 12.3 Å². The number of nitrogens with one attached hydrogen (secondary N) is 1. The molecule has 0 bridgehead atoms. The molecule has 1 amide bonds. The number of rotatable bonds is 6. The zero-order valence-corrected chi connectivity index (χ0v) is 14.9. The van der Waals surface area contributed by atoms with Crippen molar-refractivity contribution in [2.24, 2.45) is 0 Å². The van der Waals surface area contributed by atoms with Crippen LogP contribution in [-0.2, 0) is 11.2 Å². The standard InChI is InChI=1S/C22H21NO3/c1-16-14-17(12-13-20(16)25-2)15-22(24)23-19-10-6-7-11-21(19)26-18-8-4-3-5-9-18/h3-14H,15H2,1-2H3,(H,23,24). The van der Waals surface area contributed by atoms with E-state index in [2.05, 4.69) is 5.32 Å². The summed E-state index contributed by atoms with van der Waals surface area (Å²) in [4.78, 5) is 12.5. The smallest absolute Gasteiger partial charge is 0.228 e. The lowest BCUT2D eigenvalue weighted by molar-refractivity contribution is -0.115. The molecule has 0 aromatic heterocycles. The molecule has 0 fully saturated rings. The highest BCUT2D eigenvalue weighted by molar-refractivity contribution is 5.93. The van der Waals surface area contributed by atoms with Crippen LogP contribution in [0.2, 0.25) is 0 Å². The Labute approximate surface area is 153 Å². The van der Waals surface area contributed by atoms with Crippen LogP contribution in [-0.4, -0.2) is 13.0 Å². The molecule has 0 radical (unpaired) electrons. The average molecular weight is 347 g/mol. The molecule has 4 heteroatoms. The SMILES string of the molecule is COc1ccc(CC(=O)Nc2ccccc2Oc2ccccc2)cc1C. The molecule has 0 unspecified atom stereocenters. The van der Waals surface area contributed by atoms with E-state index in [0.29, 0.717) is 11.4 Å². The van der Waals surface area contributed by atoms with Crippen LogP contribution in [0.5, 0.6) is 17.2 Å². The van der Waals surface area contributed by atoms with Crippen molar-refractivity contribution < 1.29 is 14.3 Å². The lowest BCUT2D eigenvalue weighted by Gasteiger charge is -2.12. The number of anilines is 1. The van der Waals surface area contributed by atoms with E-state index in [1.165, 1.54) is 0 Å². The third kappa shape index (κ3) is 4.42. The second kappa shape index (κ2) is 8.21. The molecule has 0 saturated heterocycles. The van der Waals surface area contributed by atoms with Gasteiger partial charge in [-0.25, -0.2) is 0 Å². The van der Waals surface area contributed by atoms with Crippen LogP contribution in [0.15, 0.2) is 72.8 Å². The normalized spacial score (nSPS) is 10.2. The Kier molecular flexibility index (Phi) is 5.54. The molecule has 0 aliphatic heterocycles. The van der Waals surface area contributed by atoms with E-state index in [1.54, 1.807) is 7.11 Å². The van der Waals surface area contributed by atoms with Gasteiger partial charge in [0.1, 0.15) is 11.5 Å². The number of hydrogen-bond acceptors (Lipinski definition) is 3. The number of carbonyl (C=O) groups excluding carboxylic acids is 1. The summed E-state index contributed by atoms with van der Waals surface area (Å²) in [5.41, 5.74) is 2.58. The largest absolute Gasteiger partial charge is 0.496 e. The Morgan fingerprint density at radius 3 is 2.38 bits per heavy atom. The van der Waals surface area contributed by atoms with Crippen LogP contribution >= 0.6 is 0 Å². The summed E-state index contributed by atoms with van der Waals surface area (Å²) in [7, 11) is 1.64. The van der Waals surface area contributed by atoms with Gasteiger partial charge in [-0.3, -0.25) is 4.79 Å². The van der Waals surface area contributed by atoms with Crippen LogP contribution in [0, 0.1) is 6.92 Å². The first-order valence-corrected chi connectivity index (χ1v) is 8.41. The van der Waals surface area contributed by atoms with E-state index in [4.69, 9.17) is 9.47 Å². The summed E-state index contributed by atoms with van der Waals surface area (Å²) in [6, 6.07) is 22.6. The number of amides is 1. The summed E-state index contributed by atoms with van der Waals surface area (Å²) in [6.07, 6.45) is 0.282. The quantitative estimate of drug-likeness (QED) is 0.684. The molecule has 3 aromatic rings. The van der Waals surface area contributed by atoms with Crippen molar-refractivity contribution in [3.05, 3.63) is 83.9 Å². The van der Waals surface area contributed by atoms with Crippen LogP contribution in [0.4, 0.5) is 5.69 Å². The minimum atomic E-state index is -0.0984. The number of aryl methyl sites for hydroxylation is 1. The zero-order valence-electron chi connectivity index (χ0n) is 14.9. The van der Waals surface area contributed by atoms with Crippen molar-refractivity contribution in [1.82, 2.24) is 0 Å². The summed E-state index contributed by atoms with van der Waals surface area (Å²) >= 11 is 0. The first kappa shape index (κ1) is 17.5. The lowest BCUT2D eigenvalue weighted by Crippen LogP contribution is -2.15. The molecule has 3 rings (SSSR count). The highest BCUT2D eigenvalue weighted by Gasteiger charge is 2.10. The van der Waals surface area contributed by atoms with Gasteiger partial charge in [-0.05, 0) is 48.4 Å². The van der Waals surface area contributed by atoms with Gasteiger partial charge in [0.2, 0.25) is 5.91 Å². The molecule has 132 valence electrons. The van der Waals surface area contributed by atoms with Gasteiger partial charge in [-0.1, -0.05) is 42.5 Å². The minimum absolute atomic E-state index is 0.0984. The van der Waals surface area contributed by atoms with Gasteiger partial charge in [-0.15, -0.1) is 0 Å². The van der Waals surface area contributed by atoms with Gasteiger partial charge in [-0.2, -0.15) is 0 Å². The van der Waals surface area contributed by atoms with Crippen molar-refractivity contribution in [3.8, 4) is 17.2 Å². The number of para-hydroxylation sites is 3. The first-order chi connectivity index (χ1) is 12.7. The first-order valence-electron chi connectivity index (χ1n) is 8.41. The molecule has 0 aliphatic carbocycles. The van der Waals surface area contributed by atoms with Gasteiger partial charge in [0, 0.05) is 0 Å². The number of ether oxygens (including phenoxy) is 2. The van der Waals surface area contributed by atoms with Crippen molar-refractivity contribution in [3.63, 3.8) is 0 Å². The van der Waals surface area contributed by atoms with Crippen molar-refractivity contribution >= 4 is 11.6 Å². The maximum Gasteiger partial charge on any atom is 0.228 e. The van der Waals surface area contributed by atoms with Gasteiger partial charge >= 0.3 is 0 Å². The Balaban J connectivity index is 1.70. The van der Waals surface area contributed by atoms with Crippen molar-refractivity contribution in [2.45, 2.75) is 13.3 Å². The van der Waals surface area contributed by atoms with Gasteiger partial charge in [0.05, 0.1) is 19.2 Å². The van der Waals surface area contributed by atoms with Crippen molar-refractivity contribution in [2.75, 3.05) is 12.4 Å². The van der Waals surface area contributed by atoms with E-state index in [0.717, 1.165) is 22.6 Å². The summed E-state index contributed by atoms with van der Waals surface area (Å²) in [5.74, 6) is 2.05. The predicted molar refractivity (Wildman–Crippen MR) is 103 cm³/mol. The summed E-state index contributed by atoms with van der Waals surface area (Å²) in [5, 5.41) is 2.93. The molecule has 0 spiro atoms. The maximum atomic E-state index is 12.5. The minimum Gasteiger partial charge on any atom is -0.496 e. The molecule has 4 nitrogen and oxygen atoms in total. The molecule has 1 N–H and O–H groups in total. The summed E-state index contributed by atoms with van der Waals surface area (Å²) < 4.78 is 11.1. The zero-order chi connectivity index (χ0) is 18.4. The van der Waals surface area contributed by atoms with E-state index >= 15 is 0 Å². The summed E-state index contributed by atoms with van der Waals surface area (Å²) in [6.45, 7) is 1.96. The Hall–Kier alpha value is -3.27. The third-order valence-corrected chi connectivity index (χ3v) is 3.96. The molecular formula is C22H21NO3. The molecular weight excluding hydrogens is 326 g/mol. The third-order valence-electron chi connectivity index (χ3n) is 3.96. The highest BCUT2D eigenvalue weighted by Crippen LogP contribution is 2.29. The fourth-order valence-electron chi connectivity index (χ4n) is 2.70. The molecule has 3 aromatic carbocycles. The van der Waals surface area contributed by atoms with E-state index in [9.17, 15) is 4.79 Å². The van der Waals surface area contributed by atoms with E-state index in [1.807, 2.05) is 79.7 Å². The Bertz CT molecular complexity index is 891.